The molecule has 0 unspecified atom stereocenters. The monoisotopic (exact) mass is 418 g/mol. The molecular weight excluding hydrogens is 395 g/mol. The minimum atomic E-state index is -0.318. The number of anilines is 1. The van der Waals surface area contributed by atoms with Crippen LogP contribution in [0, 0.1) is 5.82 Å². The van der Waals surface area contributed by atoms with Crippen molar-refractivity contribution in [2.24, 2.45) is 0 Å². The Balaban J connectivity index is 1.23. The Labute approximate surface area is 180 Å². The van der Waals surface area contributed by atoms with Crippen molar-refractivity contribution in [1.29, 1.82) is 0 Å². The van der Waals surface area contributed by atoms with Gasteiger partial charge in [0.05, 0.1) is 5.69 Å². The van der Waals surface area contributed by atoms with Gasteiger partial charge in [0.15, 0.2) is 5.82 Å². The first kappa shape index (κ1) is 19.5. The maximum atomic E-state index is 13.1. The molecule has 0 bridgehead atoms. The standard InChI is InChI=1S/C24H23FN4O2/c25-19-7-9-20(10-8-19)31-21-5-1-4-18(15-21)24(30)29-13-11-28(12-14-29)23-16-17-3-2-6-22(17)26-27-23/h1,4-5,7-10,15-16H,2-3,6,11-14H2. The van der Waals surface area contributed by atoms with E-state index in [0.29, 0.717) is 30.2 Å². The van der Waals surface area contributed by atoms with E-state index >= 15 is 0 Å². The summed E-state index contributed by atoms with van der Waals surface area (Å²) in [4.78, 5) is 17.1. The first-order chi connectivity index (χ1) is 15.2. The minimum Gasteiger partial charge on any atom is -0.457 e. The third-order valence-electron chi connectivity index (χ3n) is 5.83. The van der Waals surface area contributed by atoms with Crippen molar-refractivity contribution in [1.82, 2.24) is 15.1 Å². The number of rotatable bonds is 4. The predicted octanol–water partition coefficient (Wildman–Crippen LogP) is 3.86. The van der Waals surface area contributed by atoms with Gasteiger partial charge in [-0.15, -0.1) is 5.10 Å². The summed E-state index contributed by atoms with van der Waals surface area (Å²) in [5.41, 5.74) is 3.01. The molecule has 2 aliphatic rings. The number of hydrogen-bond acceptors (Lipinski definition) is 5. The van der Waals surface area contributed by atoms with E-state index in [0.717, 1.165) is 43.9 Å². The minimum absolute atomic E-state index is 0.0238. The van der Waals surface area contributed by atoms with E-state index in [4.69, 9.17) is 4.74 Å². The molecular formula is C24H23FN4O2. The second kappa shape index (κ2) is 8.34. The molecule has 0 N–H and O–H groups in total. The lowest BCUT2D eigenvalue weighted by Crippen LogP contribution is -2.49. The van der Waals surface area contributed by atoms with Gasteiger partial charge in [0.2, 0.25) is 0 Å². The second-order valence-electron chi connectivity index (χ2n) is 7.89. The summed E-state index contributed by atoms with van der Waals surface area (Å²) in [5.74, 6) is 1.63. The average molecular weight is 418 g/mol. The molecule has 0 radical (unpaired) electrons. The molecule has 3 aromatic rings. The Kier molecular flexibility index (Phi) is 5.24. The molecule has 0 spiro atoms. The molecule has 2 aromatic carbocycles. The average Bonchev–Trinajstić information content (AvgIpc) is 3.28. The van der Waals surface area contributed by atoms with Crippen LogP contribution in [0.5, 0.6) is 11.5 Å². The highest BCUT2D eigenvalue weighted by Gasteiger charge is 2.24. The number of carbonyl (C=O) groups excluding carboxylic acids is 1. The lowest BCUT2D eigenvalue weighted by molar-refractivity contribution is 0.0746. The van der Waals surface area contributed by atoms with Gasteiger partial charge >= 0.3 is 0 Å². The van der Waals surface area contributed by atoms with Crippen molar-refractivity contribution in [2.75, 3.05) is 31.1 Å². The van der Waals surface area contributed by atoms with Crippen molar-refractivity contribution in [3.8, 4) is 11.5 Å². The van der Waals surface area contributed by atoms with Crippen molar-refractivity contribution in [2.45, 2.75) is 19.3 Å². The molecule has 1 amide bonds. The number of nitrogens with zero attached hydrogens (tertiary/aromatic N) is 4. The summed E-state index contributed by atoms with van der Waals surface area (Å²) in [6.07, 6.45) is 3.25. The first-order valence-electron chi connectivity index (χ1n) is 10.6. The number of halogens is 1. The molecule has 1 aromatic heterocycles. The van der Waals surface area contributed by atoms with Crippen LogP contribution >= 0.6 is 0 Å². The largest absolute Gasteiger partial charge is 0.457 e. The summed E-state index contributed by atoms with van der Waals surface area (Å²) < 4.78 is 18.8. The smallest absolute Gasteiger partial charge is 0.254 e. The van der Waals surface area contributed by atoms with Gasteiger partial charge in [-0.3, -0.25) is 4.79 Å². The Morgan fingerprint density at radius 2 is 1.71 bits per heavy atom. The van der Waals surface area contributed by atoms with Gasteiger partial charge in [-0.25, -0.2) is 4.39 Å². The van der Waals surface area contributed by atoms with Crippen molar-refractivity contribution < 1.29 is 13.9 Å². The fourth-order valence-electron chi connectivity index (χ4n) is 4.12. The maximum absolute atomic E-state index is 13.1. The van der Waals surface area contributed by atoms with Crippen LogP contribution in [-0.2, 0) is 12.8 Å². The zero-order valence-electron chi connectivity index (χ0n) is 17.1. The van der Waals surface area contributed by atoms with Crippen molar-refractivity contribution >= 4 is 11.7 Å². The molecule has 0 atom stereocenters. The van der Waals surface area contributed by atoms with E-state index < -0.39 is 0 Å². The van der Waals surface area contributed by atoms with Gasteiger partial charge in [-0.2, -0.15) is 5.10 Å². The highest BCUT2D eigenvalue weighted by molar-refractivity contribution is 5.94. The molecule has 31 heavy (non-hydrogen) atoms. The van der Waals surface area contributed by atoms with Gasteiger partial charge in [0.1, 0.15) is 17.3 Å². The number of aryl methyl sites for hydroxylation is 2. The summed E-state index contributed by atoms with van der Waals surface area (Å²) in [6.45, 7) is 2.71. The van der Waals surface area contributed by atoms with E-state index in [2.05, 4.69) is 21.2 Å². The quantitative estimate of drug-likeness (QED) is 0.644. The number of ether oxygens (including phenoxy) is 1. The zero-order chi connectivity index (χ0) is 21.2. The van der Waals surface area contributed by atoms with E-state index in [-0.39, 0.29) is 11.7 Å². The van der Waals surface area contributed by atoms with Crippen LogP contribution in [0.2, 0.25) is 0 Å². The van der Waals surface area contributed by atoms with Gasteiger partial charge < -0.3 is 14.5 Å². The fraction of sp³-hybridized carbons (Fsp3) is 0.292. The topological polar surface area (TPSA) is 58.6 Å². The Morgan fingerprint density at radius 3 is 2.52 bits per heavy atom. The van der Waals surface area contributed by atoms with Gasteiger partial charge in [-0.05, 0) is 73.4 Å². The van der Waals surface area contributed by atoms with Crippen LogP contribution < -0.4 is 9.64 Å². The molecule has 158 valence electrons. The number of amides is 1. The summed E-state index contributed by atoms with van der Waals surface area (Å²) in [7, 11) is 0. The normalized spacial score (nSPS) is 15.6. The molecule has 5 rings (SSSR count). The van der Waals surface area contributed by atoms with Crippen LogP contribution in [0.3, 0.4) is 0 Å². The van der Waals surface area contributed by atoms with Gasteiger partial charge in [-0.1, -0.05) is 6.07 Å². The van der Waals surface area contributed by atoms with E-state index in [1.165, 1.54) is 17.7 Å². The van der Waals surface area contributed by atoms with Crippen LogP contribution in [0.1, 0.15) is 28.0 Å². The van der Waals surface area contributed by atoms with Crippen LogP contribution in [0.25, 0.3) is 0 Å². The lowest BCUT2D eigenvalue weighted by Gasteiger charge is -2.35. The number of benzene rings is 2. The number of piperazine rings is 1. The van der Waals surface area contributed by atoms with E-state index in [9.17, 15) is 9.18 Å². The highest BCUT2D eigenvalue weighted by Crippen LogP contribution is 2.25. The first-order valence-corrected chi connectivity index (χ1v) is 10.6. The third-order valence-corrected chi connectivity index (χ3v) is 5.83. The molecule has 6 nitrogen and oxygen atoms in total. The second-order valence-corrected chi connectivity index (χ2v) is 7.89. The summed E-state index contributed by atoms with van der Waals surface area (Å²) in [5, 5.41) is 8.77. The van der Waals surface area contributed by atoms with Crippen LogP contribution in [0.4, 0.5) is 10.2 Å². The predicted molar refractivity (Wildman–Crippen MR) is 115 cm³/mol. The third kappa shape index (κ3) is 4.21. The Hall–Kier alpha value is -3.48. The number of carbonyl (C=O) groups is 1. The number of aromatic nitrogens is 2. The van der Waals surface area contributed by atoms with E-state index in [1.807, 2.05) is 4.90 Å². The molecule has 2 heterocycles. The molecule has 1 aliphatic carbocycles. The number of hydrogen-bond donors (Lipinski definition) is 0. The summed E-state index contributed by atoms with van der Waals surface area (Å²) >= 11 is 0. The lowest BCUT2D eigenvalue weighted by atomic mass is 10.1. The van der Waals surface area contributed by atoms with E-state index in [1.54, 1.807) is 36.4 Å². The fourth-order valence-corrected chi connectivity index (χ4v) is 4.12. The zero-order valence-corrected chi connectivity index (χ0v) is 17.1. The maximum Gasteiger partial charge on any atom is 0.254 e. The molecule has 0 saturated carbocycles. The van der Waals surface area contributed by atoms with Crippen molar-refractivity contribution in [3.63, 3.8) is 0 Å². The molecule has 7 heteroatoms. The SMILES string of the molecule is O=C(c1cccc(Oc2ccc(F)cc2)c1)N1CCN(c2cc3c(nn2)CCC3)CC1. The van der Waals surface area contributed by atoms with Gasteiger partial charge in [0, 0.05) is 31.7 Å². The molecule has 1 fully saturated rings. The molecule has 1 aliphatic heterocycles. The summed E-state index contributed by atoms with van der Waals surface area (Å²) in [6, 6.07) is 15.1. The van der Waals surface area contributed by atoms with Gasteiger partial charge in [0.25, 0.3) is 5.91 Å². The highest BCUT2D eigenvalue weighted by atomic mass is 19.1. The molecule has 1 saturated heterocycles. The Morgan fingerprint density at radius 1 is 0.903 bits per heavy atom. The number of fused-ring (bicyclic) bond motifs is 1. The van der Waals surface area contributed by atoms with Crippen LogP contribution in [-0.4, -0.2) is 47.2 Å². The van der Waals surface area contributed by atoms with Crippen molar-refractivity contribution in [3.05, 3.63) is 77.2 Å². The Bertz CT molecular complexity index is 1090. The van der Waals surface area contributed by atoms with Crippen LogP contribution in [0.15, 0.2) is 54.6 Å².